The van der Waals surface area contributed by atoms with Crippen LogP contribution in [0.4, 0.5) is 0 Å². The Bertz CT molecular complexity index is 447. The molecule has 0 aliphatic carbocycles. The van der Waals surface area contributed by atoms with Crippen LogP contribution >= 0.6 is 11.3 Å². The Hall–Kier alpha value is -0.450. The van der Waals surface area contributed by atoms with Crippen molar-refractivity contribution in [2.24, 2.45) is 11.7 Å². The van der Waals surface area contributed by atoms with Crippen LogP contribution in [-0.2, 0) is 18.4 Å². The summed E-state index contributed by atoms with van der Waals surface area (Å²) in [5.41, 5.74) is 7.29. The van der Waals surface area contributed by atoms with Crippen LogP contribution < -0.4 is 5.73 Å². The van der Waals surface area contributed by atoms with Gasteiger partial charge in [-0.1, -0.05) is 20.3 Å². The molecule has 1 saturated heterocycles. The lowest BCUT2D eigenvalue weighted by atomic mass is 10.0. The summed E-state index contributed by atoms with van der Waals surface area (Å²) in [4.78, 5) is 8.76. The molecule has 2 heterocycles. The second-order valence-corrected chi connectivity index (χ2v) is 8.24. The SMILES string of the molecule is CCCc1nc(CCN2CCCC(C)C2)sc1C(C)(C)N. The largest absolute Gasteiger partial charge is 0.321 e. The highest BCUT2D eigenvalue weighted by Gasteiger charge is 2.23. The molecule has 1 aliphatic heterocycles. The zero-order chi connectivity index (χ0) is 15.5. The average molecular weight is 310 g/mol. The molecule has 2 rings (SSSR count). The fraction of sp³-hybridized carbons (Fsp3) is 0.824. The fourth-order valence-corrected chi connectivity index (χ4v) is 4.27. The number of thiazole rings is 1. The quantitative estimate of drug-likeness (QED) is 0.873. The van der Waals surface area contributed by atoms with Crippen LogP contribution in [0, 0.1) is 5.92 Å². The van der Waals surface area contributed by atoms with Gasteiger partial charge in [0, 0.05) is 29.9 Å². The van der Waals surface area contributed by atoms with Crippen LogP contribution in [-0.4, -0.2) is 29.5 Å². The number of aryl methyl sites for hydroxylation is 1. The molecule has 0 spiro atoms. The van der Waals surface area contributed by atoms with Gasteiger partial charge >= 0.3 is 0 Å². The maximum atomic E-state index is 6.32. The van der Waals surface area contributed by atoms with Gasteiger partial charge < -0.3 is 10.6 Å². The Morgan fingerprint density at radius 1 is 1.38 bits per heavy atom. The maximum absolute atomic E-state index is 6.32. The van der Waals surface area contributed by atoms with Gasteiger partial charge in [0.1, 0.15) is 0 Å². The molecular weight excluding hydrogens is 278 g/mol. The molecule has 0 bridgehead atoms. The number of hydrogen-bond donors (Lipinski definition) is 1. The van der Waals surface area contributed by atoms with Crippen molar-refractivity contribution in [1.82, 2.24) is 9.88 Å². The summed E-state index contributed by atoms with van der Waals surface area (Å²) >= 11 is 1.83. The Balaban J connectivity index is 2.00. The van der Waals surface area contributed by atoms with Crippen molar-refractivity contribution in [1.29, 1.82) is 0 Å². The summed E-state index contributed by atoms with van der Waals surface area (Å²) < 4.78 is 0. The normalized spacial score (nSPS) is 20.9. The monoisotopic (exact) mass is 309 g/mol. The van der Waals surface area contributed by atoms with Gasteiger partial charge in [-0.2, -0.15) is 0 Å². The molecule has 0 saturated carbocycles. The van der Waals surface area contributed by atoms with Gasteiger partial charge in [-0.3, -0.25) is 0 Å². The van der Waals surface area contributed by atoms with E-state index < -0.39 is 0 Å². The van der Waals surface area contributed by atoms with Crippen LogP contribution in [0.3, 0.4) is 0 Å². The van der Waals surface area contributed by atoms with Crippen molar-refractivity contribution in [2.75, 3.05) is 19.6 Å². The third-order valence-electron chi connectivity index (χ3n) is 4.20. The minimum Gasteiger partial charge on any atom is -0.321 e. The Morgan fingerprint density at radius 3 is 2.76 bits per heavy atom. The second-order valence-electron chi connectivity index (χ2n) is 7.15. The molecule has 120 valence electrons. The van der Waals surface area contributed by atoms with Gasteiger partial charge in [0.25, 0.3) is 0 Å². The van der Waals surface area contributed by atoms with E-state index in [2.05, 4.69) is 32.6 Å². The zero-order valence-electron chi connectivity index (χ0n) is 14.1. The van der Waals surface area contributed by atoms with E-state index in [1.165, 1.54) is 41.5 Å². The summed E-state index contributed by atoms with van der Waals surface area (Å²) in [5, 5.41) is 1.27. The summed E-state index contributed by atoms with van der Waals surface area (Å²) in [7, 11) is 0. The molecule has 1 unspecified atom stereocenters. The molecule has 21 heavy (non-hydrogen) atoms. The van der Waals surface area contributed by atoms with Gasteiger partial charge in [0.15, 0.2) is 0 Å². The number of aromatic nitrogens is 1. The topological polar surface area (TPSA) is 42.2 Å². The zero-order valence-corrected chi connectivity index (χ0v) is 14.9. The Labute approximate surface area is 133 Å². The first-order valence-corrected chi connectivity index (χ1v) is 9.22. The van der Waals surface area contributed by atoms with Gasteiger partial charge in [-0.15, -0.1) is 11.3 Å². The van der Waals surface area contributed by atoms with Crippen LogP contribution in [0.5, 0.6) is 0 Å². The molecule has 1 fully saturated rings. The summed E-state index contributed by atoms with van der Waals surface area (Å²) in [6.07, 6.45) is 5.99. The van der Waals surface area contributed by atoms with Crippen molar-refractivity contribution in [3.8, 4) is 0 Å². The minimum atomic E-state index is -0.264. The minimum absolute atomic E-state index is 0.264. The predicted octanol–water partition coefficient (Wildman–Crippen LogP) is 3.56. The molecule has 1 aliphatic rings. The molecule has 0 aromatic carbocycles. The van der Waals surface area contributed by atoms with E-state index in [9.17, 15) is 0 Å². The lowest BCUT2D eigenvalue weighted by Crippen LogP contribution is -2.35. The number of piperidine rings is 1. The van der Waals surface area contributed by atoms with E-state index in [0.29, 0.717) is 0 Å². The van der Waals surface area contributed by atoms with E-state index >= 15 is 0 Å². The maximum Gasteiger partial charge on any atom is 0.0944 e. The molecular formula is C17H31N3S. The van der Waals surface area contributed by atoms with E-state index in [-0.39, 0.29) is 5.54 Å². The van der Waals surface area contributed by atoms with E-state index in [4.69, 9.17) is 10.7 Å². The second kappa shape index (κ2) is 7.21. The first kappa shape index (κ1) is 16.9. The lowest BCUT2D eigenvalue weighted by molar-refractivity contribution is 0.186. The summed E-state index contributed by atoms with van der Waals surface area (Å²) in [6.45, 7) is 12.4. The van der Waals surface area contributed by atoms with Gasteiger partial charge in [-0.05, 0) is 45.6 Å². The molecule has 0 amide bonds. The highest BCUT2D eigenvalue weighted by atomic mass is 32.1. The van der Waals surface area contributed by atoms with E-state index in [0.717, 1.165) is 31.7 Å². The molecule has 1 aromatic heterocycles. The Morgan fingerprint density at radius 2 is 2.14 bits per heavy atom. The van der Waals surface area contributed by atoms with E-state index in [1.807, 2.05) is 11.3 Å². The molecule has 0 radical (unpaired) electrons. The molecule has 2 N–H and O–H groups in total. The standard InChI is InChI=1S/C17H31N3S/c1-5-7-14-16(17(3,4)18)21-15(19-14)9-11-20-10-6-8-13(2)12-20/h13H,5-12,18H2,1-4H3. The number of nitrogens with two attached hydrogens (primary N) is 1. The smallest absolute Gasteiger partial charge is 0.0944 e. The van der Waals surface area contributed by atoms with Crippen LogP contribution in [0.15, 0.2) is 0 Å². The van der Waals surface area contributed by atoms with E-state index in [1.54, 1.807) is 0 Å². The third-order valence-corrected chi connectivity index (χ3v) is 5.69. The van der Waals surface area contributed by atoms with Gasteiger partial charge in [-0.25, -0.2) is 4.98 Å². The fourth-order valence-electron chi connectivity index (χ4n) is 3.16. The van der Waals surface area contributed by atoms with Crippen molar-refractivity contribution < 1.29 is 0 Å². The van der Waals surface area contributed by atoms with Gasteiger partial charge in [0.2, 0.25) is 0 Å². The Kier molecular flexibility index (Phi) is 5.81. The number of nitrogens with zero attached hydrogens (tertiary/aromatic N) is 2. The number of likely N-dealkylation sites (tertiary alicyclic amines) is 1. The highest BCUT2D eigenvalue weighted by molar-refractivity contribution is 7.11. The first-order valence-electron chi connectivity index (χ1n) is 8.40. The van der Waals surface area contributed by atoms with Gasteiger partial charge in [0.05, 0.1) is 10.7 Å². The third kappa shape index (κ3) is 4.76. The number of hydrogen-bond acceptors (Lipinski definition) is 4. The summed E-state index contributed by atoms with van der Waals surface area (Å²) in [5.74, 6) is 0.851. The average Bonchev–Trinajstić information content (AvgIpc) is 2.80. The predicted molar refractivity (Wildman–Crippen MR) is 91.9 cm³/mol. The summed E-state index contributed by atoms with van der Waals surface area (Å²) in [6, 6.07) is 0. The first-order chi connectivity index (χ1) is 9.90. The lowest BCUT2D eigenvalue weighted by Gasteiger charge is -2.30. The van der Waals surface area contributed by atoms with Crippen molar-refractivity contribution >= 4 is 11.3 Å². The van der Waals surface area contributed by atoms with Crippen LogP contribution in [0.25, 0.3) is 0 Å². The number of rotatable bonds is 6. The van der Waals surface area contributed by atoms with Crippen molar-refractivity contribution in [2.45, 2.75) is 65.3 Å². The molecule has 1 aromatic rings. The van der Waals surface area contributed by atoms with Crippen LogP contribution in [0.2, 0.25) is 0 Å². The van der Waals surface area contributed by atoms with Crippen molar-refractivity contribution in [3.63, 3.8) is 0 Å². The molecule has 1 atom stereocenters. The highest BCUT2D eigenvalue weighted by Crippen LogP contribution is 2.29. The molecule has 4 heteroatoms. The molecule has 3 nitrogen and oxygen atoms in total. The van der Waals surface area contributed by atoms with Crippen molar-refractivity contribution in [3.05, 3.63) is 15.6 Å². The van der Waals surface area contributed by atoms with Crippen LogP contribution in [0.1, 0.15) is 62.5 Å².